The van der Waals surface area contributed by atoms with Crippen LogP contribution in [0.25, 0.3) is 0 Å². The number of halogens is 1. The third-order valence-corrected chi connectivity index (χ3v) is 1.97. The molecule has 0 amide bonds. The maximum absolute atomic E-state index is 5.62. The van der Waals surface area contributed by atoms with Crippen molar-refractivity contribution in [1.82, 2.24) is 4.98 Å². The summed E-state index contributed by atoms with van der Waals surface area (Å²) in [4.78, 5) is 3.99. The second kappa shape index (κ2) is 3.12. The van der Waals surface area contributed by atoms with Gasteiger partial charge >= 0.3 is 0 Å². The molecule has 0 fully saturated rings. The van der Waals surface area contributed by atoms with Gasteiger partial charge in [-0.05, 0) is 18.4 Å². The molecule has 0 aromatic carbocycles. The van der Waals surface area contributed by atoms with Crippen molar-refractivity contribution in [2.45, 2.75) is 5.03 Å². The van der Waals surface area contributed by atoms with Gasteiger partial charge in [-0.25, -0.2) is 4.98 Å². The van der Waals surface area contributed by atoms with Gasteiger partial charge in [0.15, 0.2) is 0 Å². The van der Waals surface area contributed by atoms with Gasteiger partial charge in [0.1, 0.15) is 10.2 Å². The zero-order chi connectivity index (χ0) is 7.56. The van der Waals surface area contributed by atoms with Crippen molar-refractivity contribution < 1.29 is 0 Å². The van der Waals surface area contributed by atoms with Gasteiger partial charge in [0.25, 0.3) is 0 Å². The van der Waals surface area contributed by atoms with E-state index in [2.05, 4.69) is 4.98 Å². The molecule has 4 heteroatoms. The zero-order valence-electron chi connectivity index (χ0n) is 5.47. The second-order valence-electron chi connectivity index (χ2n) is 1.73. The lowest BCUT2D eigenvalue weighted by atomic mass is 10.4. The Morgan fingerprint density at radius 3 is 2.80 bits per heavy atom. The molecular weight excluding hydrogens is 168 g/mol. The van der Waals surface area contributed by atoms with Crippen molar-refractivity contribution in [2.24, 2.45) is 0 Å². The summed E-state index contributed by atoms with van der Waals surface area (Å²) in [5.41, 5.74) is 6.24. The summed E-state index contributed by atoms with van der Waals surface area (Å²) >= 11 is 7.10. The first kappa shape index (κ1) is 7.69. The van der Waals surface area contributed by atoms with Crippen molar-refractivity contribution >= 4 is 29.1 Å². The van der Waals surface area contributed by atoms with Crippen LogP contribution in [0.15, 0.2) is 17.2 Å². The number of thioether (sulfide) groups is 1. The number of nitrogen functional groups attached to an aromatic ring is 1. The average Bonchev–Trinajstić information content (AvgIpc) is 1.94. The molecule has 2 nitrogen and oxygen atoms in total. The van der Waals surface area contributed by atoms with Crippen LogP contribution in [0.2, 0.25) is 5.15 Å². The van der Waals surface area contributed by atoms with E-state index >= 15 is 0 Å². The molecule has 0 unspecified atom stereocenters. The lowest BCUT2D eigenvalue weighted by Gasteiger charge is -1.99. The molecule has 0 saturated carbocycles. The Morgan fingerprint density at radius 1 is 1.60 bits per heavy atom. The van der Waals surface area contributed by atoms with Gasteiger partial charge in [-0.15, -0.1) is 11.8 Å². The fourth-order valence-corrected chi connectivity index (χ4v) is 1.28. The first-order valence-electron chi connectivity index (χ1n) is 2.70. The van der Waals surface area contributed by atoms with Gasteiger partial charge in [0, 0.05) is 0 Å². The van der Waals surface area contributed by atoms with Gasteiger partial charge in [-0.1, -0.05) is 11.6 Å². The molecule has 0 aliphatic rings. The molecule has 1 heterocycles. The van der Waals surface area contributed by atoms with E-state index in [0.29, 0.717) is 10.8 Å². The summed E-state index contributed by atoms with van der Waals surface area (Å²) in [5.74, 6) is 0. The molecule has 1 aromatic heterocycles. The van der Waals surface area contributed by atoms with Crippen LogP contribution < -0.4 is 5.73 Å². The van der Waals surface area contributed by atoms with E-state index in [-0.39, 0.29) is 0 Å². The fraction of sp³-hybridized carbons (Fsp3) is 0.167. The number of aromatic nitrogens is 1. The summed E-state index contributed by atoms with van der Waals surface area (Å²) in [7, 11) is 0. The minimum atomic E-state index is 0.485. The quantitative estimate of drug-likeness (QED) is 0.523. The molecule has 0 aliphatic heterocycles. The maximum Gasteiger partial charge on any atom is 0.130 e. The molecule has 0 saturated heterocycles. The van der Waals surface area contributed by atoms with Crippen LogP contribution in [0.4, 0.5) is 5.69 Å². The van der Waals surface area contributed by atoms with E-state index in [4.69, 9.17) is 17.3 Å². The molecule has 0 spiro atoms. The Labute approximate surface area is 68.8 Å². The lowest BCUT2D eigenvalue weighted by molar-refractivity contribution is 1.15. The highest BCUT2D eigenvalue weighted by Gasteiger charge is 1.98. The van der Waals surface area contributed by atoms with Crippen LogP contribution >= 0.6 is 23.4 Å². The highest BCUT2D eigenvalue weighted by atomic mass is 35.5. The molecule has 1 aromatic rings. The predicted octanol–water partition coefficient (Wildman–Crippen LogP) is 2.04. The summed E-state index contributed by atoms with van der Waals surface area (Å²) in [6, 6.07) is 3.43. The Balaban J connectivity index is 3.09. The molecular formula is C6H7ClN2S. The second-order valence-corrected chi connectivity index (χ2v) is 2.91. The Hall–Kier alpha value is -0.410. The number of anilines is 1. The van der Waals surface area contributed by atoms with E-state index < -0.39 is 0 Å². The van der Waals surface area contributed by atoms with E-state index in [1.807, 2.05) is 6.26 Å². The van der Waals surface area contributed by atoms with Gasteiger partial charge < -0.3 is 5.73 Å². The van der Waals surface area contributed by atoms with Gasteiger partial charge in [-0.3, -0.25) is 0 Å². The molecule has 1 rings (SSSR count). The first-order valence-corrected chi connectivity index (χ1v) is 4.30. The van der Waals surface area contributed by atoms with Crippen molar-refractivity contribution in [3.63, 3.8) is 0 Å². The molecule has 0 bridgehead atoms. The fourth-order valence-electron chi connectivity index (χ4n) is 0.592. The summed E-state index contributed by atoms with van der Waals surface area (Å²) in [6.07, 6.45) is 1.91. The van der Waals surface area contributed by atoms with E-state index in [1.165, 1.54) is 11.8 Å². The van der Waals surface area contributed by atoms with E-state index in [9.17, 15) is 0 Å². The van der Waals surface area contributed by atoms with Crippen molar-refractivity contribution in [2.75, 3.05) is 12.0 Å². The van der Waals surface area contributed by atoms with Gasteiger partial charge in [0.05, 0.1) is 5.69 Å². The summed E-state index contributed by atoms with van der Waals surface area (Å²) in [6.45, 7) is 0. The number of hydrogen-bond acceptors (Lipinski definition) is 3. The van der Waals surface area contributed by atoms with Crippen LogP contribution in [0.3, 0.4) is 0 Å². The van der Waals surface area contributed by atoms with E-state index in [0.717, 1.165) is 5.03 Å². The van der Waals surface area contributed by atoms with Crippen molar-refractivity contribution in [3.05, 3.63) is 17.3 Å². The number of hydrogen-bond donors (Lipinski definition) is 1. The number of pyridine rings is 1. The van der Waals surface area contributed by atoms with Gasteiger partial charge in [0.2, 0.25) is 0 Å². The lowest BCUT2D eigenvalue weighted by Crippen LogP contribution is -1.90. The van der Waals surface area contributed by atoms with Crippen LogP contribution in [0, 0.1) is 0 Å². The summed E-state index contributed by atoms with van der Waals surface area (Å²) in [5, 5.41) is 1.27. The minimum absolute atomic E-state index is 0.485. The SMILES string of the molecule is CSc1nc(Cl)ccc1N. The maximum atomic E-state index is 5.62. The van der Waals surface area contributed by atoms with Crippen molar-refractivity contribution in [3.8, 4) is 0 Å². The number of nitrogens with zero attached hydrogens (tertiary/aromatic N) is 1. The van der Waals surface area contributed by atoms with Crippen LogP contribution in [-0.4, -0.2) is 11.2 Å². The summed E-state index contributed by atoms with van der Waals surface area (Å²) < 4.78 is 0. The van der Waals surface area contributed by atoms with E-state index in [1.54, 1.807) is 12.1 Å². The third-order valence-electron chi connectivity index (χ3n) is 1.05. The highest BCUT2D eigenvalue weighted by molar-refractivity contribution is 7.98. The Kier molecular flexibility index (Phi) is 2.40. The number of nitrogens with two attached hydrogens (primary N) is 1. The van der Waals surface area contributed by atoms with Gasteiger partial charge in [-0.2, -0.15) is 0 Å². The molecule has 54 valence electrons. The molecule has 0 radical (unpaired) electrons. The largest absolute Gasteiger partial charge is 0.397 e. The monoisotopic (exact) mass is 174 g/mol. The molecule has 0 atom stereocenters. The Morgan fingerprint density at radius 2 is 2.30 bits per heavy atom. The van der Waals surface area contributed by atoms with Crippen LogP contribution in [0.1, 0.15) is 0 Å². The minimum Gasteiger partial charge on any atom is -0.397 e. The molecule has 10 heavy (non-hydrogen) atoms. The first-order chi connectivity index (χ1) is 4.74. The molecule has 0 aliphatic carbocycles. The van der Waals surface area contributed by atoms with Crippen molar-refractivity contribution in [1.29, 1.82) is 0 Å². The third kappa shape index (κ3) is 1.55. The van der Waals surface area contributed by atoms with Crippen LogP contribution in [0.5, 0.6) is 0 Å². The highest BCUT2D eigenvalue weighted by Crippen LogP contribution is 2.21. The topological polar surface area (TPSA) is 38.9 Å². The van der Waals surface area contributed by atoms with Crippen LogP contribution in [-0.2, 0) is 0 Å². The Bertz CT molecular complexity index is 239. The average molecular weight is 175 g/mol. The predicted molar refractivity (Wildman–Crippen MR) is 45.4 cm³/mol. The molecule has 2 N–H and O–H groups in total. The zero-order valence-corrected chi connectivity index (χ0v) is 7.04. The number of rotatable bonds is 1. The standard InChI is InChI=1S/C6H7ClN2S/c1-10-6-4(8)2-3-5(7)9-6/h2-3H,8H2,1H3. The normalized spacial score (nSPS) is 9.80. The smallest absolute Gasteiger partial charge is 0.130 e.